The number of nitrogens with two attached hydrogens (primary N) is 1. The lowest BCUT2D eigenvalue weighted by Crippen LogP contribution is -2.19. The van der Waals surface area contributed by atoms with Crippen LogP contribution in [-0.2, 0) is 4.84 Å². The number of alkyl halides is 1. The Kier molecular flexibility index (Phi) is 4.20. The van der Waals surface area contributed by atoms with Crippen molar-refractivity contribution < 1.29 is 9.23 Å². The summed E-state index contributed by atoms with van der Waals surface area (Å²) >= 11 is 0. The van der Waals surface area contributed by atoms with Crippen LogP contribution in [-0.4, -0.2) is 30.5 Å². The Morgan fingerprint density at radius 1 is 1.39 bits per heavy atom. The Morgan fingerprint density at radius 2 is 2.22 bits per heavy atom. The molecule has 1 aromatic carbocycles. The summed E-state index contributed by atoms with van der Waals surface area (Å²) in [5.41, 5.74) is 6.88. The van der Waals surface area contributed by atoms with Gasteiger partial charge >= 0.3 is 0 Å². The Balaban J connectivity index is 2.09. The molecule has 2 aromatic rings. The first-order chi connectivity index (χ1) is 8.81. The van der Waals surface area contributed by atoms with Crippen molar-refractivity contribution in [2.24, 2.45) is 10.9 Å². The second-order valence-electron chi connectivity index (χ2n) is 3.78. The molecule has 0 aliphatic carbocycles. The summed E-state index contributed by atoms with van der Waals surface area (Å²) in [5.74, 6) is 0. The highest BCUT2D eigenvalue weighted by Crippen LogP contribution is 2.14. The van der Waals surface area contributed by atoms with Gasteiger partial charge in [-0.1, -0.05) is 23.4 Å². The number of oxime groups is 1. The van der Waals surface area contributed by atoms with Crippen molar-refractivity contribution in [1.29, 1.82) is 0 Å². The fourth-order valence-corrected chi connectivity index (χ4v) is 1.52. The molecule has 94 valence electrons. The number of benzene rings is 1. The number of aromatic nitrogens is 1. The van der Waals surface area contributed by atoms with Gasteiger partial charge in [0.1, 0.15) is 12.8 Å². The Bertz CT molecular complexity index is 539. The number of halogens is 1. The molecule has 0 saturated carbocycles. The third kappa shape index (κ3) is 3.01. The SMILES string of the molecule is NCC(F)CON=Cc1ccnc2ccccc12. The van der Waals surface area contributed by atoms with Crippen LogP contribution in [0.2, 0.25) is 0 Å². The average molecular weight is 247 g/mol. The van der Waals surface area contributed by atoms with E-state index in [1.165, 1.54) is 0 Å². The Morgan fingerprint density at radius 3 is 3.06 bits per heavy atom. The second kappa shape index (κ2) is 6.07. The first-order valence-corrected chi connectivity index (χ1v) is 5.64. The smallest absolute Gasteiger partial charge is 0.149 e. The van der Waals surface area contributed by atoms with Crippen molar-refractivity contribution >= 4 is 17.1 Å². The minimum absolute atomic E-state index is 0.0618. The third-order valence-electron chi connectivity index (χ3n) is 2.46. The summed E-state index contributed by atoms with van der Waals surface area (Å²) in [6, 6.07) is 9.53. The zero-order valence-corrected chi connectivity index (χ0v) is 9.79. The summed E-state index contributed by atoms with van der Waals surface area (Å²) in [6.45, 7) is -0.191. The minimum Gasteiger partial charge on any atom is -0.393 e. The summed E-state index contributed by atoms with van der Waals surface area (Å²) in [6.07, 6.45) is 2.06. The van der Waals surface area contributed by atoms with Crippen molar-refractivity contribution in [3.63, 3.8) is 0 Å². The van der Waals surface area contributed by atoms with Crippen LogP contribution in [0.5, 0.6) is 0 Å². The van der Waals surface area contributed by atoms with Crippen LogP contribution in [0.15, 0.2) is 41.7 Å². The van der Waals surface area contributed by atoms with Crippen LogP contribution >= 0.6 is 0 Å². The standard InChI is InChI=1S/C13H14FN3O/c14-11(7-15)9-18-17-8-10-5-6-16-13-4-2-1-3-12(10)13/h1-6,8,11H,7,9,15H2. The number of fused-ring (bicyclic) bond motifs is 1. The van der Waals surface area contributed by atoms with Crippen molar-refractivity contribution in [2.75, 3.05) is 13.2 Å². The van der Waals surface area contributed by atoms with Crippen LogP contribution in [0.3, 0.4) is 0 Å². The molecule has 1 aromatic heterocycles. The van der Waals surface area contributed by atoms with Gasteiger partial charge in [0, 0.05) is 23.7 Å². The van der Waals surface area contributed by atoms with E-state index in [0.29, 0.717) is 0 Å². The maximum Gasteiger partial charge on any atom is 0.149 e. The molecule has 18 heavy (non-hydrogen) atoms. The maximum absolute atomic E-state index is 12.8. The molecule has 2 rings (SSSR count). The number of nitrogens with zero attached hydrogens (tertiary/aromatic N) is 2. The normalized spacial score (nSPS) is 13.0. The summed E-state index contributed by atoms with van der Waals surface area (Å²) in [4.78, 5) is 9.07. The quantitative estimate of drug-likeness (QED) is 0.648. The Hall–Kier alpha value is -2.01. The van der Waals surface area contributed by atoms with Crippen molar-refractivity contribution in [1.82, 2.24) is 4.98 Å². The molecule has 0 spiro atoms. The van der Waals surface area contributed by atoms with Gasteiger partial charge in [0.2, 0.25) is 0 Å². The van der Waals surface area contributed by atoms with Crippen molar-refractivity contribution in [2.45, 2.75) is 6.17 Å². The van der Waals surface area contributed by atoms with E-state index in [2.05, 4.69) is 10.1 Å². The zero-order chi connectivity index (χ0) is 12.8. The van der Waals surface area contributed by atoms with Gasteiger partial charge in [0.05, 0.1) is 11.7 Å². The van der Waals surface area contributed by atoms with Crippen molar-refractivity contribution in [3.8, 4) is 0 Å². The summed E-state index contributed by atoms with van der Waals surface area (Å²) in [5, 5.41) is 4.71. The van der Waals surface area contributed by atoms with Gasteiger partial charge in [0.15, 0.2) is 0 Å². The van der Waals surface area contributed by atoms with E-state index in [1.807, 2.05) is 30.3 Å². The fraction of sp³-hybridized carbons (Fsp3) is 0.231. The summed E-state index contributed by atoms with van der Waals surface area (Å²) < 4.78 is 12.8. The molecule has 2 N–H and O–H groups in total. The molecule has 0 fully saturated rings. The molecule has 0 aliphatic heterocycles. The van der Waals surface area contributed by atoms with E-state index in [1.54, 1.807) is 12.4 Å². The van der Waals surface area contributed by atoms with Gasteiger partial charge in [-0.3, -0.25) is 4.98 Å². The van der Waals surface area contributed by atoms with E-state index >= 15 is 0 Å². The molecule has 5 heteroatoms. The fourth-order valence-electron chi connectivity index (χ4n) is 1.52. The molecule has 1 atom stereocenters. The maximum atomic E-state index is 12.8. The Labute approximate surface area is 104 Å². The molecule has 0 aliphatic rings. The number of para-hydroxylation sites is 1. The number of rotatable bonds is 5. The van der Waals surface area contributed by atoms with Crippen LogP contribution < -0.4 is 5.73 Å². The highest BCUT2D eigenvalue weighted by molar-refractivity contribution is 5.97. The minimum atomic E-state index is -1.18. The van der Waals surface area contributed by atoms with E-state index in [4.69, 9.17) is 10.6 Å². The molecular formula is C13H14FN3O. The summed E-state index contributed by atoms with van der Waals surface area (Å²) in [7, 11) is 0. The highest BCUT2D eigenvalue weighted by atomic mass is 19.1. The second-order valence-corrected chi connectivity index (χ2v) is 3.78. The molecule has 1 unspecified atom stereocenters. The van der Waals surface area contributed by atoms with Crippen LogP contribution in [0.1, 0.15) is 5.56 Å². The first kappa shape index (κ1) is 12.4. The molecule has 1 heterocycles. The molecule has 0 radical (unpaired) electrons. The van der Waals surface area contributed by atoms with E-state index in [9.17, 15) is 4.39 Å². The van der Waals surface area contributed by atoms with Gasteiger partial charge in [0.25, 0.3) is 0 Å². The number of hydrogen-bond donors (Lipinski definition) is 1. The largest absolute Gasteiger partial charge is 0.393 e. The zero-order valence-electron chi connectivity index (χ0n) is 9.79. The average Bonchev–Trinajstić information content (AvgIpc) is 2.43. The number of hydrogen-bond acceptors (Lipinski definition) is 4. The third-order valence-corrected chi connectivity index (χ3v) is 2.46. The molecule has 0 amide bonds. The van der Waals surface area contributed by atoms with E-state index in [0.717, 1.165) is 16.5 Å². The van der Waals surface area contributed by atoms with E-state index < -0.39 is 6.17 Å². The monoisotopic (exact) mass is 247 g/mol. The van der Waals surface area contributed by atoms with Gasteiger partial charge in [-0.05, 0) is 12.1 Å². The van der Waals surface area contributed by atoms with Crippen LogP contribution in [0, 0.1) is 0 Å². The molecule has 0 bridgehead atoms. The van der Waals surface area contributed by atoms with Crippen molar-refractivity contribution in [3.05, 3.63) is 42.1 Å². The predicted octanol–water partition coefficient (Wildman–Crippen LogP) is 1.88. The van der Waals surface area contributed by atoms with Gasteiger partial charge in [-0.2, -0.15) is 0 Å². The first-order valence-electron chi connectivity index (χ1n) is 5.64. The molecule has 4 nitrogen and oxygen atoms in total. The number of pyridine rings is 1. The van der Waals surface area contributed by atoms with Gasteiger partial charge in [-0.15, -0.1) is 0 Å². The van der Waals surface area contributed by atoms with Gasteiger partial charge in [-0.25, -0.2) is 4.39 Å². The lowest BCUT2D eigenvalue weighted by atomic mass is 10.1. The van der Waals surface area contributed by atoms with Gasteiger partial charge < -0.3 is 10.6 Å². The highest BCUT2D eigenvalue weighted by Gasteiger charge is 2.02. The predicted molar refractivity (Wildman–Crippen MR) is 69.2 cm³/mol. The lowest BCUT2D eigenvalue weighted by Gasteiger charge is -2.03. The van der Waals surface area contributed by atoms with Crippen LogP contribution in [0.25, 0.3) is 10.9 Å². The topological polar surface area (TPSA) is 60.5 Å². The van der Waals surface area contributed by atoms with E-state index in [-0.39, 0.29) is 13.2 Å². The molecule has 0 saturated heterocycles. The lowest BCUT2D eigenvalue weighted by molar-refractivity contribution is 0.0910. The molecular weight excluding hydrogens is 233 g/mol. The van der Waals surface area contributed by atoms with Crippen LogP contribution in [0.4, 0.5) is 4.39 Å².